The summed E-state index contributed by atoms with van der Waals surface area (Å²) in [6.07, 6.45) is 5.20. The zero-order chi connectivity index (χ0) is 21.6. The molecule has 1 saturated heterocycles. The first-order valence-corrected chi connectivity index (χ1v) is 11.6. The minimum Gasteiger partial charge on any atom is -0.351 e. The van der Waals surface area contributed by atoms with Crippen molar-refractivity contribution in [2.24, 2.45) is 0 Å². The molecule has 2 amide bonds. The highest BCUT2D eigenvalue weighted by molar-refractivity contribution is 5.85. The van der Waals surface area contributed by atoms with Crippen LogP contribution < -0.4 is 5.32 Å². The summed E-state index contributed by atoms with van der Waals surface area (Å²) in [7, 11) is 0. The number of fused-ring (bicyclic) bond motifs is 1. The molecule has 2 aliphatic rings. The van der Waals surface area contributed by atoms with Gasteiger partial charge in [-0.1, -0.05) is 55.5 Å². The molecular formula is C26H33N3O2. The third-order valence-corrected chi connectivity index (χ3v) is 6.55. The fourth-order valence-corrected chi connectivity index (χ4v) is 4.70. The molecule has 1 unspecified atom stereocenters. The maximum absolute atomic E-state index is 13.5. The predicted molar refractivity (Wildman–Crippen MR) is 123 cm³/mol. The van der Waals surface area contributed by atoms with E-state index in [-0.39, 0.29) is 24.4 Å². The number of amides is 2. The number of likely N-dealkylation sites (tertiary alicyclic amines) is 1. The molecule has 1 fully saturated rings. The van der Waals surface area contributed by atoms with Gasteiger partial charge in [-0.3, -0.25) is 14.5 Å². The van der Waals surface area contributed by atoms with Crippen LogP contribution in [-0.2, 0) is 29.0 Å². The summed E-state index contributed by atoms with van der Waals surface area (Å²) in [5.41, 5.74) is 4.68. The molecule has 2 heterocycles. The summed E-state index contributed by atoms with van der Waals surface area (Å²) in [5.74, 6) is 0.116. The molecule has 0 bridgehead atoms. The van der Waals surface area contributed by atoms with E-state index in [1.165, 1.54) is 17.5 Å². The highest BCUT2D eigenvalue weighted by atomic mass is 16.2. The van der Waals surface area contributed by atoms with Crippen LogP contribution in [0, 0.1) is 0 Å². The van der Waals surface area contributed by atoms with Gasteiger partial charge in [-0.05, 0) is 54.4 Å². The van der Waals surface area contributed by atoms with Gasteiger partial charge >= 0.3 is 0 Å². The molecule has 31 heavy (non-hydrogen) atoms. The average molecular weight is 420 g/mol. The van der Waals surface area contributed by atoms with Crippen LogP contribution in [0.2, 0.25) is 0 Å². The van der Waals surface area contributed by atoms with Crippen LogP contribution in [0.5, 0.6) is 0 Å². The van der Waals surface area contributed by atoms with E-state index < -0.39 is 0 Å². The normalized spacial score (nSPS) is 19.0. The standard InChI is InChI=1S/C26H33N3O2/c1-2-20-10-12-21(13-11-20)18-27-24(30)19-29-17-14-22-8-4-5-9-23(22)25(29)26(31)28-15-6-3-7-16-28/h4-5,8-13,25H,2-3,6-7,14-19H2,1H3,(H,27,30). The lowest BCUT2D eigenvalue weighted by molar-refractivity contribution is -0.139. The summed E-state index contributed by atoms with van der Waals surface area (Å²) in [6, 6.07) is 16.2. The molecule has 2 aromatic carbocycles. The number of carbonyl (C=O) groups excluding carboxylic acids is 2. The second-order valence-corrected chi connectivity index (χ2v) is 8.65. The van der Waals surface area contributed by atoms with Gasteiger partial charge < -0.3 is 10.2 Å². The van der Waals surface area contributed by atoms with Crippen LogP contribution in [0.3, 0.4) is 0 Å². The zero-order valence-corrected chi connectivity index (χ0v) is 18.5. The molecule has 0 saturated carbocycles. The monoisotopic (exact) mass is 419 g/mol. The SMILES string of the molecule is CCc1ccc(CNC(=O)CN2CCc3ccccc3C2C(=O)N2CCCCC2)cc1. The van der Waals surface area contributed by atoms with Crippen LogP contribution in [0.15, 0.2) is 48.5 Å². The maximum Gasteiger partial charge on any atom is 0.244 e. The van der Waals surface area contributed by atoms with Crippen molar-refractivity contribution in [1.82, 2.24) is 15.1 Å². The number of benzene rings is 2. The third-order valence-electron chi connectivity index (χ3n) is 6.55. The first kappa shape index (κ1) is 21.6. The minimum atomic E-state index is -0.363. The molecule has 1 N–H and O–H groups in total. The number of nitrogens with one attached hydrogen (secondary N) is 1. The molecule has 0 aromatic heterocycles. The van der Waals surface area contributed by atoms with Crippen LogP contribution >= 0.6 is 0 Å². The van der Waals surface area contributed by atoms with Crippen molar-refractivity contribution in [2.75, 3.05) is 26.2 Å². The Balaban J connectivity index is 1.44. The van der Waals surface area contributed by atoms with Gasteiger partial charge in [0.05, 0.1) is 6.54 Å². The van der Waals surface area contributed by atoms with Crippen LogP contribution in [-0.4, -0.2) is 47.8 Å². The van der Waals surface area contributed by atoms with Crippen LogP contribution in [0.1, 0.15) is 54.5 Å². The lowest BCUT2D eigenvalue weighted by Gasteiger charge is -2.39. The summed E-state index contributed by atoms with van der Waals surface area (Å²) in [4.78, 5) is 30.3. The molecule has 2 aromatic rings. The lowest BCUT2D eigenvalue weighted by atomic mass is 9.91. The molecule has 4 rings (SSSR count). The van der Waals surface area contributed by atoms with E-state index in [4.69, 9.17) is 0 Å². The number of nitrogens with zero attached hydrogens (tertiary/aromatic N) is 2. The molecular weight excluding hydrogens is 386 g/mol. The minimum absolute atomic E-state index is 0.0320. The molecule has 5 heteroatoms. The van der Waals surface area contributed by atoms with Gasteiger partial charge in [0.2, 0.25) is 11.8 Å². The quantitative estimate of drug-likeness (QED) is 0.780. The Morgan fingerprint density at radius 2 is 1.65 bits per heavy atom. The van der Waals surface area contributed by atoms with Crippen molar-refractivity contribution >= 4 is 11.8 Å². The molecule has 0 aliphatic carbocycles. The molecule has 5 nitrogen and oxygen atoms in total. The fourth-order valence-electron chi connectivity index (χ4n) is 4.70. The fraction of sp³-hybridized carbons (Fsp3) is 0.462. The smallest absolute Gasteiger partial charge is 0.244 e. The van der Waals surface area contributed by atoms with E-state index in [0.29, 0.717) is 6.54 Å². The van der Waals surface area contributed by atoms with Gasteiger partial charge in [-0.25, -0.2) is 0 Å². The Morgan fingerprint density at radius 3 is 2.39 bits per heavy atom. The van der Waals surface area contributed by atoms with Crippen molar-refractivity contribution < 1.29 is 9.59 Å². The molecule has 0 radical (unpaired) electrons. The first-order valence-electron chi connectivity index (χ1n) is 11.6. The Labute approximate surface area is 185 Å². The van der Waals surface area contributed by atoms with Gasteiger partial charge in [0.25, 0.3) is 0 Å². The Bertz CT molecular complexity index is 903. The van der Waals surface area contributed by atoms with Gasteiger partial charge in [-0.2, -0.15) is 0 Å². The first-order chi connectivity index (χ1) is 15.2. The van der Waals surface area contributed by atoms with E-state index >= 15 is 0 Å². The predicted octanol–water partition coefficient (Wildman–Crippen LogP) is 3.48. The largest absolute Gasteiger partial charge is 0.351 e. The van der Waals surface area contributed by atoms with Crippen molar-refractivity contribution in [2.45, 2.75) is 51.6 Å². The third kappa shape index (κ3) is 5.16. The summed E-state index contributed by atoms with van der Waals surface area (Å²) in [6.45, 7) is 5.26. The Kier molecular flexibility index (Phi) is 7.03. The number of hydrogen-bond donors (Lipinski definition) is 1. The molecule has 164 valence electrons. The summed E-state index contributed by atoms with van der Waals surface area (Å²) in [5, 5.41) is 3.04. The lowest BCUT2D eigenvalue weighted by Crippen LogP contribution is -2.50. The van der Waals surface area contributed by atoms with E-state index in [1.807, 2.05) is 17.0 Å². The maximum atomic E-state index is 13.5. The second-order valence-electron chi connectivity index (χ2n) is 8.65. The summed E-state index contributed by atoms with van der Waals surface area (Å²) >= 11 is 0. The highest BCUT2D eigenvalue weighted by Gasteiger charge is 2.36. The average Bonchev–Trinajstić information content (AvgIpc) is 2.83. The molecule has 1 atom stereocenters. The zero-order valence-electron chi connectivity index (χ0n) is 18.5. The molecule has 0 spiro atoms. The number of carbonyl (C=O) groups is 2. The number of rotatable bonds is 6. The van der Waals surface area contributed by atoms with E-state index in [1.54, 1.807) is 0 Å². The van der Waals surface area contributed by atoms with E-state index in [9.17, 15) is 9.59 Å². The topological polar surface area (TPSA) is 52.7 Å². The number of hydrogen-bond acceptors (Lipinski definition) is 3. The second kappa shape index (κ2) is 10.1. The van der Waals surface area contributed by atoms with Crippen molar-refractivity contribution in [3.63, 3.8) is 0 Å². The van der Waals surface area contributed by atoms with Crippen LogP contribution in [0.4, 0.5) is 0 Å². The van der Waals surface area contributed by atoms with E-state index in [0.717, 1.165) is 56.4 Å². The summed E-state index contributed by atoms with van der Waals surface area (Å²) < 4.78 is 0. The van der Waals surface area contributed by atoms with Crippen molar-refractivity contribution in [3.8, 4) is 0 Å². The highest BCUT2D eigenvalue weighted by Crippen LogP contribution is 2.32. The van der Waals surface area contributed by atoms with E-state index in [2.05, 4.69) is 53.5 Å². The molecule has 2 aliphatic heterocycles. The van der Waals surface area contributed by atoms with Crippen molar-refractivity contribution in [1.29, 1.82) is 0 Å². The van der Waals surface area contributed by atoms with Gasteiger partial charge in [0, 0.05) is 26.2 Å². The van der Waals surface area contributed by atoms with Gasteiger partial charge in [0.1, 0.15) is 6.04 Å². The Morgan fingerprint density at radius 1 is 0.935 bits per heavy atom. The van der Waals surface area contributed by atoms with Crippen LogP contribution in [0.25, 0.3) is 0 Å². The number of aryl methyl sites for hydroxylation is 1. The van der Waals surface area contributed by atoms with Crippen molar-refractivity contribution in [3.05, 3.63) is 70.8 Å². The van der Waals surface area contributed by atoms with Gasteiger partial charge in [-0.15, -0.1) is 0 Å². The number of piperidine rings is 1. The van der Waals surface area contributed by atoms with Gasteiger partial charge in [0.15, 0.2) is 0 Å². The Hall–Kier alpha value is -2.66.